The zero-order valence-corrected chi connectivity index (χ0v) is 6.22. The highest BCUT2D eigenvalue weighted by Gasteiger charge is 2.46. The Morgan fingerprint density at radius 2 is 2.09 bits per heavy atom. The van der Waals surface area contributed by atoms with Crippen molar-refractivity contribution in [1.29, 1.82) is 0 Å². The maximum Gasteiger partial charge on any atom is 0.265 e. The van der Waals surface area contributed by atoms with E-state index in [0.717, 1.165) is 0 Å². The minimum Gasteiger partial charge on any atom is -0.369 e. The van der Waals surface area contributed by atoms with Crippen molar-refractivity contribution in [3.8, 4) is 0 Å². The van der Waals surface area contributed by atoms with Crippen LogP contribution in [0.15, 0.2) is 0 Å². The van der Waals surface area contributed by atoms with Gasteiger partial charge in [-0.25, -0.2) is 22.3 Å². The molecule has 0 bridgehead atoms. The largest absolute Gasteiger partial charge is 0.369 e. The lowest BCUT2D eigenvalue weighted by molar-refractivity contribution is -0.125. The van der Waals surface area contributed by atoms with Gasteiger partial charge in [-0.3, -0.25) is 0 Å². The summed E-state index contributed by atoms with van der Waals surface area (Å²) in [4.78, 5) is 0. The smallest absolute Gasteiger partial charge is 0.265 e. The molecule has 2 N–H and O–H groups in total. The van der Waals surface area contributed by atoms with E-state index in [1.165, 1.54) is 0 Å². The minimum absolute atomic E-state index is 0.228. The van der Waals surface area contributed by atoms with Crippen LogP contribution in [-0.2, 0) is 14.8 Å². The molecule has 0 aromatic rings. The molecule has 66 valence electrons. The minimum atomic E-state index is -3.87. The molecule has 1 aliphatic rings. The van der Waals surface area contributed by atoms with Crippen LogP contribution in [0.2, 0.25) is 0 Å². The number of ether oxygens (including phenoxy) is 1. The third-order valence-corrected chi connectivity index (χ3v) is 2.74. The second kappa shape index (κ2) is 2.65. The Balaban J connectivity index is 2.65. The molecule has 4 nitrogen and oxygen atoms in total. The van der Waals surface area contributed by atoms with Gasteiger partial charge < -0.3 is 4.74 Å². The summed E-state index contributed by atoms with van der Waals surface area (Å²) in [5, 5.41) is 3.39. The molecule has 2 atom stereocenters. The molecular formula is C4H7F2NO3S. The lowest BCUT2D eigenvalue weighted by atomic mass is 10.2. The van der Waals surface area contributed by atoms with Gasteiger partial charge in [0.05, 0.1) is 6.61 Å². The van der Waals surface area contributed by atoms with E-state index in [1.807, 2.05) is 0 Å². The first-order valence-corrected chi connectivity index (χ1v) is 4.45. The lowest BCUT2D eigenvalue weighted by Crippen LogP contribution is -2.55. The van der Waals surface area contributed by atoms with E-state index < -0.39 is 27.8 Å². The van der Waals surface area contributed by atoms with Crippen LogP contribution in [0.25, 0.3) is 0 Å². The van der Waals surface area contributed by atoms with Crippen LogP contribution in [0.4, 0.5) is 8.78 Å². The highest BCUT2D eigenvalue weighted by Crippen LogP contribution is 2.24. The van der Waals surface area contributed by atoms with Crippen molar-refractivity contribution in [1.82, 2.24) is 0 Å². The van der Waals surface area contributed by atoms with Crippen molar-refractivity contribution in [3.63, 3.8) is 0 Å². The highest BCUT2D eigenvalue weighted by molar-refractivity contribution is 7.89. The number of sulfonamides is 1. The number of primary sulfonamides is 1. The normalized spacial score (nSPS) is 32.0. The number of hydrogen-bond acceptors (Lipinski definition) is 3. The first kappa shape index (κ1) is 8.82. The van der Waals surface area contributed by atoms with Crippen LogP contribution < -0.4 is 5.14 Å². The van der Waals surface area contributed by atoms with E-state index in [1.54, 1.807) is 0 Å². The third-order valence-electron chi connectivity index (χ3n) is 1.49. The molecule has 1 heterocycles. The molecular weight excluding hydrogens is 180 g/mol. The Hall–Kier alpha value is -0.270. The SMILES string of the molecule is NS(=O)(=O)C1COC1C(F)F. The molecule has 0 radical (unpaired) electrons. The summed E-state index contributed by atoms with van der Waals surface area (Å²) in [6.07, 6.45) is -4.32. The summed E-state index contributed by atoms with van der Waals surface area (Å²) in [5.41, 5.74) is 0. The van der Waals surface area contributed by atoms with Gasteiger partial charge in [-0.1, -0.05) is 0 Å². The van der Waals surface area contributed by atoms with Crippen molar-refractivity contribution >= 4 is 10.0 Å². The third kappa shape index (κ3) is 1.66. The molecule has 2 unspecified atom stereocenters. The molecule has 1 saturated heterocycles. The summed E-state index contributed by atoms with van der Waals surface area (Å²) in [6, 6.07) is 0. The zero-order valence-electron chi connectivity index (χ0n) is 5.41. The molecule has 0 saturated carbocycles. The van der Waals surface area contributed by atoms with Crippen LogP contribution >= 0.6 is 0 Å². The Labute approximate surface area is 62.4 Å². The van der Waals surface area contributed by atoms with Crippen LogP contribution in [0.3, 0.4) is 0 Å². The highest BCUT2D eigenvalue weighted by atomic mass is 32.2. The first-order valence-electron chi connectivity index (χ1n) is 2.84. The van der Waals surface area contributed by atoms with Gasteiger partial charge in [0.1, 0.15) is 11.4 Å². The van der Waals surface area contributed by atoms with Crippen LogP contribution in [0.1, 0.15) is 0 Å². The molecule has 1 rings (SSSR count). The number of hydrogen-bond donors (Lipinski definition) is 1. The van der Waals surface area contributed by atoms with E-state index in [9.17, 15) is 17.2 Å². The lowest BCUT2D eigenvalue weighted by Gasteiger charge is -2.33. The summed E-state index contributed by atoms with van der Waals surface area (Å²) >= 11 is 0. The van der Waals surface area contributed by atoms with Gasteiger partial charge in [0, 0.05) is 0 Å². The van der Waals surface area contributed by atoms with E-state index in [0.29, 0.717) is 0 Å². The summed E-state index contributed by atoms with van der Waals surface area (Å²) in [5.74, 6) is 0. The van der Waals surface area contributed by atoms with Gasteiger partial charge in [0.2, 0.25) is 10.0 Å². The fourth-order valence-corrected chi connectivity index (χ4v) is 1.64. The molecule has 11 heavy (non-hydrogen) atoms. The zero-order chi connectivity index (χ0) is 8.65. The molecule has 0 aliphatic carbocycles. The molecule has 0 aromatic carbocycles. The summed E-state index contributed by atoms with van der Waals surface area (Å²) in [7, 11) is -3.87. The monoisotopic (exact) mass is 187 g/mol. The van der Waals surface area contributed by atoms with Gasteiger partial charge in [-0.15, -0.1) is 0 Å². The molecule has 0 aromatic heterocycles. The second-order valence-electron chi connectivity index (χ2n) is 2.26. The first-order chi connectivity index (χ1) is 4.93. The summed E-state index contributed by atoms with van der Waals surface area (Å²) < 4.78 is 48.9. The van der Waals surface area contributed by atoms with E-state index in [2.05, 4.69) is 9.88 Å². The Bertz CT molecular complexity index is 240. The number of nitrogens with two attached hydrogens (primary N) is 1. The molecule has 1 aliphatic heterocycles. The Kier molecular flexibility index (Phi) is 2.13. The number of alkyl halides is 2. The number of halogens is 2. The van der Waals surface area contributed by atoms with Crippen molar-refractivity contribution in [2.45, 2.75) is 17.8 Å². The summed E-state index contributed by atoms with van der Waals surface area (Å²) in [6.45, 7) is -0.228. The van der Waals surface area contributed by atoms with Crippen molar-refractivity contribution in [3.05, 3.63) is 0 Å². The van der Waals surface area contributed by atoms with Crippen molar-refractivity contribution in [2.75, 3.05) is 6.61 Å². The van der Waals surface area contributed by atoms with Gasteiger partial charge in [0.25, 0.3) is 6.43 Å². The molecule has 0 spiro atoms. The van der Waals surface area contributed by atoms with Crippen LogP contribution in [0, 0.1) is 0 Å². The molecule has 7 heteroatoms. The predicted octanol–water partition coefficient (Wildman–Crippen LogP) is -0.693. The number of rotatable bonds is 2. The Morgan fingerprint density at radius 1 is 1.55 bits per heavy atom. The second-order valence-corrected chi connectivity index (χ2v) is 4.04. The molecule has 1 fully saturated rings. The van der Waals surface area contributed by atoms with Crippen molar-refractivity contribution in [2.24, 2.45) is 5.14 Å². The topological polar surface area (TPSA) is 69.4 Å². The average molecular weight is 187 g/mol. The maximum absolute atomic E-state index is 11.8. The predicted molar refractivity (Wildman–Crippen MR) is 32.6 cm³/mol. The fraction of sp³-hybridized carbons (Fsp3) is 1.00. The average Bonchev–Trinajstić information content (AvgIpc) is 1.51. The fourth-order valence-electron chi connectivity index (χ4n) is 0.803. The Morgan fingerprint density at radius 3 is 2.18 bits per heavy atom. The van der Waals surface area contributed by atoms with Crippen LogP contribution in [0.5, 0.6) is 0 Å². The molecule has 0 amide bonds. The van der Waals surface area contributed by atoms with Gasteiger partial charge >= 0.3 is 0 Å². The van der Waals surface area contributed by atoms with Gasteiger partial charge in [-0.05, 0) is 0 Å². The van der Waals surface area contributed by atoms with Gasteiger partial charge in [-0.2, -0.15) is 0 Å². The standard InChI is InChI=1S/C4H7F2NO3S/c5-4(6)3-2(1-10-3)11(7,8)9/h2-4H,1H2,(H2,7,8,9). The quantitative estimate of drug-likeness (QED) is 0.622. The van der Waals surface area contributed by atoms with E-state index >= 15 is 0 Å². The van der Waals surface area contributed by atoms with Crippen LogP contribution in [-0.4, -0.2) is 32.8 Å². The van der Waals surface area contributed by atoms with Gasteiger partial charge in [0.15, 0.2) is 0 Å². The van der Waals surface area contributed by atoms with E-state index in [4.69, 9.17) is 0 Å². The maximum atomic E-state index is 11.8. The van der Waals surface area contributed by atoms with E-state index in [-0.39, 0.29) is 6.61 Å². The van der Waals surface area contributed by atoms with Crippen molar-refractivity contribution < 1.29 is 21.9 Å².